The van der Waals surface area contributed by atoms with Crippen molar-refractivity contribution >= 4 is 33.2 Å². The van der Waals surface area contributed by atoms with Crippen molar-refractivity contribution in [1.82, 2.24) is 10.2 Å². The number of nitrogens with zero attached hydrogens (tertiary/aromatic N) is 3. The van der Waals surface area contributed by atoms with E-state index in [1.807, 2.05) is 13.8 Å². The van der Waals surface area contributed by atoms with Gasteiger partial charge in [-0.3, -0.25) is 24.0 Å². The summed E-state index contributed by atoms with van der Waals surface area (Å²) in [5.74, 6) is -0.466. The summed E-state index contributed by atoms with van der Waals surface area (Å²) in [7, 11) is -2.76. The molecule has 0 aliphatic carbocycles. The van der Waals surface area contributed by atoms with E-state index in [9.17, 15) is 28.1 Å². The molecule has 2 amide bonds. The number of ether oxygens (including phenoxy) is 1. The van der Waals surface area contributed by atoms with Gasteiger partial charge in [0.2, 0.25) is 11.8 Å². The summed E-state index contributed by atoms with van der Waals surface area (Å²) in [4.78, 5) is 38.9. The number of non-ortho nitro benzene ring substituents is 1. The normalized spacial score (nSPS) is 12.6. The molecule has 0 heterocycles. The highest BCUT2D eigenvalue weighted by molar-refractivity contribution is 7.92. The summed E-state index contributed by atoms with van der Waals surface area (Å²) < 4.78 is 33.7. The first-order chi connectivity index (χ1) is 19.5. The number of carbonyl (C=O) groups is 2. The van der Waals surface area contributed by atoms with Crippen molar-refractivity contribution in [2.45, 2.75) is 50.7 Å². The first-order valence-electron chi connectivity index (χ1n) is 13.0. The molecule has 0 fully saturated rings. The van der Waals surface area contributed by atoms with E-state index >= 15 is 0 Å². The molecular formula is C29H34N4O7S. The Kier molecular flexibility index (Phi) is 10.4. The van der Waals surface area contributed by atoms with Crippen molar-refractivity contribution in [1.29, 1.82) is 0 Å². The van der Waals surface area contributed by atoms with Gasteiger partial charge in [0.05, 0.1) is 22.6 Å². The number of hydrogen-bond donors (Lipinski definition) is 1. The topological polar surface area (TPSA) is 139 Å². The highest BCUT2D eigenvalue weighted by atomic mass is 32.2. The summed E-state index contributed by atoms with van der Waals surface area (Å²) in [5, 5.41) is 14.1. The number of sulfonamides is 1. The standard InChI is InChI=1S/C29H34N4O7S/c1-5-21(2)30-29(35)22(3)31(19-23-10-9-11-26(18-23)40-4)28(34)20-32(24-14-16-25(17-15-24)33(36)37)41(38,39)27-12-7-6-8-13-27/h6-18,21-22H,5,19-20H2,1-4H3,(H,30,35)/t21-,22+/m0/s1. The van der Waals surface area contributed by atoms with Gasteiger partial charge in [-0.25, -0.2) is 8.42 Å². The van der Waals surface area contributed by atoms with Crippen LogP contribution in [0.15, 0.2) is 83.8 Å². The summed E-state index contributed by atoms with van der Waals surface area (Å²) in [6, 6.07) is 18.4. The Labute approximate surface area is 239 Å². The minimum Gasteiger partial charge on any atom is -0.497 e. The summed E-state index contributed by atoms with van der Waals surface area (Å²) in [6.45, 7) is 4.70. The van der Waals surface area contributed by atoms with Crippen LogP contribution in [0.3, 0.4) is 0 Å². The van der Waals surface area contributed by atoms with Gasteiger partial charge in [-0.1, -0.05) is 37.3 Å². The minimum absolute atomic E-state index is 0.00458. The number of carbonyl (C=O) groups excluding carboxylic acids is 2. The van der Waals surface area contributed by atoms with Crippen LogP contribution in [0.1, 0.15) is 32.8 Å². The Balaban J connectivity index is 2.04. The highest BCUT2D eigenvalue weighted by Crippen LogP contribution is 2.26. The van der Waals surface area contributed by atoms with Gasteiger partial charge in [0, 0.05) is 24.7 Å². The summed E-state index contributed by atoms with van der Waals surface area (Å²) in [5.41, 5.74) is 0.506. The van der Waals surface area contributed by atoms with Crippen molar-refractivity contribution < 1.29 is 27.7 Å². The maximum Gasteiger partial charge on any atom is 0.269 e. The average Bonchev–Trinajstić information content (AvgIpc) is 2.98. The van der Waals surface area contributed by atoms with Crippen LogP contribution in [-0.2, 0) is 26.2 Å². The van der Waals surface area contributed by atoms with Gasteiger partial charge >= 0.3 is 0 Å². The molecule has 3 aromatic rings. The van der Waals surface area contributed by atoms with E-state index in [1.54, 1.807) is 49.4 Å². The zero-order valence-corrected chi connectivity index (χ0v) is 24.2. The number of methoxy groups -OCH3 is 1. The zero-order valence-electron chi connectivity index (χ0n) is 23.4. The van der Waals surface area contributed by atoms with E-state index in [0.29, 0.717) is 17.7 Å². The molecule has 12 heteroatoms. The van der Waals surface area contributed by atoms with E-state index in [1.165, 1.54) is 48.4 Å². The van der Waals surface area contributed by atoms with Crippen LogP contribution in [0.4, 0.5) is 11.4 Å². The minimum atomic E-state index is -4.27. The summed E-state index contributed by atoms with van der Waals surface area (Å²) in [6.07, 6.45) is 0.686. The Morgan fingerprint density at radius 2 is 1.66 bits per heavy atom. The maximum absolute atomic E-state index is 13.9. The number of hydrogen-bond acceptors (Lipinski definition) is 7. The quantitative estimate of drug-likeness (QED) is 0.236. The van der Waals surface area contributed by atoms with Crippen LogP contribution in [0.2, 0.25) is 0 Å². The van der Waals surface area contributed by atoms with Crippen molar-refractivity contribution in [2.75, 3.05) is 18.0 Å². The molecule has 0 aliphatic heterocycles. The molecule has 218 valence electrons. The third kappa shape index (κ3) is 7.82. The molecule has 3 rings (SSSR count). The molecule has 11 nitrogen and oxygen atoms in total. The Hall–Kier alpha value is -4.45. The number of nitrogens with one attached hydrogen (secondary N) is 1. The van der Waals surface area contributed by atoms with Crippen molar-refractivity contribution in [3.8, 4) is 5.75 Å². The lowest BCUT2D eigenvalue weighted by Crippen LogP contribution is -2.52. The molecule has 0 spiro atoms. The second-order valence-corrected chi connectivity index (χ2v) is 11.3. The van der Waals surface area contributed by atoms with Gasteiger partial charge in [0.15, 0.2) is 0 Å². The van der Waals surface area contributed by atoms with Crippen LogP contribution in [0, 0.1) is 10.1 Å². The van der Waals surface area contributed by atoms with Crippen LogP contribution >= 0.6 is 0 Å². The zero-order chi connectivity index (χ0) is 30.2. The third-order valence-corrected chi connectivity index (χ3v) is 8.40. The molecule has 3 aromatic carbocycles. The predicted molar refractivity (Wildman–Crippen MR) is 155 cm³/mol. The van der Waals surface area contributed by atoms with E-state index in [2.05, 4.69) is 5.32 Å². The lowest BCUT2D eigenvalue weighted by molar-refractivity contribution is -0.384. The molecule has 2 atom stereocenters. The van der Waals surface area contributed by atoms with Gasteiger partial charge in [0.25, 0.3) is 15.7 Å². The Morgan fingerprint density at radius 3 is 2.24 bits per heavy atom. The monoisotopic (exact) mass is 582 g/mol. The van der Waals surface area contributed by atoms with E-state index in [0.717, 1.165) is 4.31 Å². The largest absolute Gasteiger partial charge is 0.497 e. The van der Waals surface area contributed by atoms with Gasteiger partial charge < -0.3 is 15.0 Å². The molecule has 0 radical (unpaired) electrons. The van der Waals surface area contributed by atoms with Crippen LogP contribution in [0.25, 0.3) is 0 Å². The van der Waals surface area contributed by atoms with E-state index < -0.39 is 33.4 Å². The lowest BCUT2D eigenvalue weighted by Gasteiger charge is -2.32. The summed E-state index contributed by atoms with van der Waals surface area (Å²) >= 11 is 0. The highest BCUT2D eigenvalue weighted by Gasteiger charge is 2.33. The fraction of sp³-hybridized carbons (Fsp3) is 0.310. The van der Waals surface area contributed by atoms with E-state index in [-0.39, 0.29) is 34.8 Å². The first-order valence-corrected chi connectivity index (χ1v) is 14.5. The van der Waals surface area contributed by atoms with Gasteiger partial charge in [-0.15, -0.1) is 0 Å². The van der Waals surface area contributed by atoms with Crippen LogP contribution < -0.4 is 14.4 Å². The SMILES string of the molecule is CC[C@H](C)NC(=O)[C@@H](C)N(Cc1cccc(OC)c1)C(=O)CN(c1ccc([N+](=O)[O-])cc1)S(=O)(=O)c1ccccc1. The Morgan fingerprint density at radius 1 is 1.00 bits per heavy atom. The molecular weight excluding hydrogens is 548 g/mol. The number of rotatable bonds is 13. The average molecular weight is 583 g/mol. The molecule has 0 aliphatic rings. The molecule has 0 saturated carbocycles. The molecule has 0 aromatic heterocycles. The van der Waals surface area contributed by atoms with Crippen molar-refractivity contribution in [3.05, 3.63) is 94.5 Å². The number of nitro benzene ring substituents is 1. The number of nitro groups is 1. The van der Waals surface area contributed by atoms with Crippen molar-refractivity contribution in [3.63, 3.8) is 0 Å². The lowest BCUT2D eigenvalue weighted by atomic mass is 10.1. The fourth-order valence-electron chi connectivity index (χ4n) is 4.00. The second-order valence-electron chi connectivity index (χ2n) is 9.47. The second kappa shape index (κ2) is 13.8. The van der Waals surface area contributed by atoms with Gasteiger partial charge in [-0.05, 0) is 62.2 Å². The number of amides is 2. The smallest absolute Gasteiger partial charge is 0.269 e. The number of benzene rings is 3. The molecule has 41 heavy (non-hydrogen) atoms. The van der Waals surface area contributed by atoms with Gasteiger partial charge in [0.1, 0.15) is 18.3 Å². The molecule has 1 N–H and O–H groups in total. The third-order valence-electron chi connectivity index (χ3n) is 6.61. The van der Waals surface area contributed by atoms with Gasteiger partial charge in [-0.2, -0.15) is 0 Å². The fourth-order valence-corrected chi connectivity index (χ4v) is 5.44. The first kappa shape index (κ1) is 31.1. The Bertz CT molecular complexity index is 1460. The van der Waals surface area contributed by atoms with Crippen LogP contribution in [-0.4, -0.2) is 55.8 Å². The van der Waals surface area contributed by atoms with Crippen molar-refractivity contribution in [2.24, 2.45) is 0 Å². The molecule has 0 unspecified atom stereocenters. The number of anilines is 1. The van der Waals surface area contributed by atoms with Crippen LogP contribution in [0.5, 0.6) is 5.75 Å². The molecule has 0 saturated heterocycles. The van der Waals surface area contributed by atoms with E-state index in [4.69, 9.17) is 4.74 Å². The predicted octanol–water partition coefficient (Wildman–Crippen LogP) is 4.13. The molecule has 0 bridgehead atoms. The maximum atomic E-state index is 13.9.